The fourth-order valence-electron chi connectivity index (χ4n) is 3.97. The number of piperidine rings is 1. The van der Waals surface area contributed by atoms with Crippen LogP contribution in [0.4, 0.5) is 15.9 Å². The van der Waals surface area contributed by atoms with E-state index in [-0.39, 0.29) is 11.9 Å². The number of rotatable bonds is 9. The molecule has 0 bridgehead atoms. The number of para-hydroxylation sites is 1. The molecular formula is C22H36FN5OSi. The summed E-state index contributed by atoms with van der Waals surface area (Å²) in [5.41, 5.74) is 8.77. The predicted molar refractivity (Wildman–Crippen MR) is 124 cm³/mol. The second-order valence-corrected chi connectivity index (χ2v) is 15.1. The van der Waals surface area contributed by atoms with E-state index < -0.39 is 8.07 Å². The average molecular weight is 434 g/mol. The Morgan fingerprint density at radius 1 is 1.33 bits per heavy atom. The van der Waals surface area contributed by atoms with Crippen molar-refractivity contribution in [2.75, 3.05) is 36.9 Å². The Morgan fingerprint density at radius 2 is 2.07 bits per heavy atom. The summed E-state index contributed by atoms with van der Waals surface area (Å²) < 4.78 is 20.4. The maximum absolute atomic E-state index is 14.3. The van der Waals surface area contributed by atoms with Gasteiger partial charge in [0.1, 0.15) is 11.6 Å². The largest absolute Gasteiger partial charge is 0.384 e. The molecule has 1 aromatic carbocycles. The van der Waals surface area contributed by atoms with E-state index in [1.54, 1.807) is 18.3 Å². The molecule has 0 aliphatic carbocycles. The molecule has 30 heavy (non-hydrogen) atoms. The lowest BCUT2D eigenvalue weighted by atomic mass is 10.0. The van der Waals surface area contributed by atoms with E-state index in [1.807, 2.05) is 13.0 Å². The van der Waals surface area contributed by atoms with Crippen LogP contribution in [0.5, 0.6) is 0 Å². The van der Waals surface area contributed by atoms with Crippen LogP contribution in [0.1, 0.15) is 30.0 Å². The number of aromatic amines is 1. The molecule has 3 rings (SSSR count). The highest BCUT2D eigenvalue weighted by atomic mass is 28.3. The first-order valence-corrected chi connectivity index (χ1v) is 14.6. The molecule has 0 spiro atoms. The number of hydrogen-bond donors (Lipinski definition) is 3. The smallest absolute Gasteiger partial charge is 0.146 e. The first-order chi connectivity index (χ1) is 14.2. The van der Waals surface area contributed by atoms with Gasteiger partial charge in [0, 0.05) is 39.4 Å². The van der Waals surface area contributed by atoms with E-state index in [4.69, 9.17) is 10.5 Å². The Morgan fingerprint density at radius 3 is 2.67 bits per heavy atom. The lowest BCUT2D eigenvalue weighted by Gasteiger charge is -2.36. The fourth-order valence-corrected chi connectivity index (χ4v) is 4.72. The molecule has 8 heteroatoms. The molecular weight excluding hydrogens is 397 g/mol. The molecule has 1 aromatic heterocycles. The fraction of sp³-hybridized carbons (Fsp3) is 0.591. The van der Waals surface area contributed by atoms with Crippen molar-refractivity contribution in [1.82, 2.24) is 15.5 Å². The molecule has 2 aromatic rings. The number of ether oxygens (including phenoxy) is 1. The van der Waals surface area contributed by atoms with Gasteiger partial charge in [-0.2, -0.15) is 5.10 Å². The zero-order valence-corrected chi connectivity index (χ0v) is 19.7. The standard InChI is InChI=1S/C22H36FN5OSi/c1-16-6-5-7-19(23)21(16)28-10-8-17(9-11-28)26-20(18-14-25-27-22(18)24)15-29-12-13-30(2,3)4/h5-7,14,17,20,26H,8-13,15H2,1-4H3,(H3,24,25,27). The molecule has 1 fully saturated rings. The second kappa shape index (κ2) is 9.94. The lowest BCUT2D eigenvalue weighted by Crippen LogP contribution is -2.45. The van der Waals surface area contributed by atoms with Crippen LogP contribution in [0, 0.1) is 12.7 Å². The molecule has 4 N–H and O–H groups in total. The Labute approximate surface area is 180 Å². The van der Waals surface area contributed by atoms with Crippen LogP contribution < -0.4 is 16.0 Å². The number of aromatic nitrogens is 2. The molecule has 0 saturated carbocycles. The number of nitrogens with zero attached hydrogens (tertiary/aromatic N) is 2. The van der Waals surface area contributed by atoms with E-state index in [9.17, 15) is 4.39 Å². The third-order valence-corrected chi connectivity index (χ3v) is 7.50. The van der Waals surface area contributed by atoms with E-state index in [1.165, 1.54) is 0 Å². The third-order valence-electron chi connectivity index (χ3n) is 5.79. The Kier molecular flexibility index (Phi) is 7.54. The molecule has 0 radical (unpaired) electrons. The van der Waals surface area contributed by atoms with Crippen LogP contribution in [0.15, 0.2) is 24.4 Å². The Hall–Kier alpha value is -1.90. The van der Waals surface area contributed by atoms with Gasteiger partial charge in [-0.3, -0.25) is 5.10 Å². The zero-order chi connectivity index (χ0) is 21.7. The van der Waals surface area contributed by atoms with Gasteiger partial charge in [0.2, 0.25) is 0 Å². The third kappa shape index (κ3) is 6.06. The minimum Gasteiger partial charge on any atom is -0.384 e. The van der Waals surface area contributed by atoms with Crippen LogP contribution in [0.3, 0.4) is 0 Å². The summed E-state index contributed by atoms with van der Waals surface area (Å²) in [5, 5.41) is 10.6. The van der Waals surface area contributed by atoms with Gasteiger partial charge in [-0.05, 0) is 37.4 Å². The number of H-pyrrole nitrogens is 1. The van der Waals surface area contributed by atoms with Crippen molar-refractivity contribution < 1.29 is 9.13 Å². The highest BCUT2D eigenvalue weighted by Crippen LogP contribution is 2.28. The van der Waals surface area contributed by atoms with Crippen molar-refractivity contribution in [3.8, 4) is 0 Å². The normalized spacial score (nSPS) is 16.8. The number of nitrogens with one attached hydrogen (secondary N) is 2. The highest BCUT2D eigenvalue weighted by molar-refractivity contribution is 6.76. The minimum atomic E-state index is -1.12. The monoisotopic (exact) mass is 433 g/mol. The molecule has 1 unspecified atom stereocenters. The molecule has 1 saturated heterocycles. The van der Waals surface area contributed by atoms with Gasteiger partial charge in [-0.1, -0.05) is 31.8 Å². The topological polar surface area (TPSA) is 79.2 Å². The van der Waals surface area contributed by atoms with Crippen molar-refractivity contribution in [2.45, 2.75) is 57.5 Å². The van der Waals surface area contributed by atoms with Crippen LogP contribution in [-0.4, -0.2) is 50.6 Å². The molecule has 6 nitrogen and oxygen atoms in total. The minimum absolute atomic E-state index is 0.00266. The molecule has 2 heterocycles. The maximum Gasteiger partial charge on any atom is 0.146 e. The van der Waals surface area contributed by atoms with Crippen molar-refractivity contribution in [1.29, 1.82) is 0 Å². The summed E-state index contributed by atoms with van der Waals surface area (Å²) >= 11 is 0. The Balaban J connectivity index is 1.58. The van der Waals surface area contributed by atoms with Gasteiger partial charge in [0.15, 0.2) is 0 Å². The molecule has 1 atom stereocenters. The van der Waals surface area contributed by atoms with Gasteiger partial charge in [-0.15, -0.1) is 0 Å². The van der Waals surface area contributed by atoms with Crippen molar-refractivity contribution >= 4 is 19.6 Å². The summed E-state index contributed by atoms with van der Waals surface area (Å²) in [6, 6.07) is 6.75. The van der Waals surface area contributed by atoms with Gasteiger partial charge < -0.3 is 20.7 Å². The zero-order valence-electron chi connectivity index (χ0n) is 18.7. The summed E-state index contributed by atoms with van der Waals surface area (Å²) in [4.78, 5) is 2.16. The number of halogens is 1. The Bertz CT molecular complexity index is 794. The van der Waals surface area contributed by atoms with E-state index in [0.717, 1.165) is 55.4 Å². The SMILES string of the molecule is Cc1cccc(F)c1N1CCC(NC(COCC[Si](C)(C)C)c2cn[nH]c2N)CC1. The maximum atomic E-state index is 14.3. The first kappa shape index (κ1) is 22.8. The van der Waals surface area contributed by atoms with Crippen LogP contribution >= 0.6 is 0 Å². The number of aryl methyl sites for hydroxylation is 1. The second-order valence-electron chi connectivity index (χ2n) is 9.51. The number of nitrogens with two attached hydrogens (primary N) is 1. The average Bonchev–Trinajstić information content (AvgIpc) is 3.10. The summed E-state index contributed by atoms with van der Waals surface area (Å²) in [7, 11) is -1.12. The van der Waals surface area contributed by atoms with Gasteiger partial charge in [-0.25, -0.2) is 4.39 Å². The van der Waals surface area contributed by atoms with Crippen LogP contribution in [0.2, 0.25) is 25.7 Å². The van der Waals surface area contributed by atoms with Crippen LogP contribution in [-0.2, 0) is 4.74 Å². The van der Waals surface area contributed by atoms with E-state index in [0.29, 0.717) is 18.5 Å². The predicted octanol–water partition coefficient (Wildman–Crippen LogP) is 4.09. The number of anilines is 2. The summed E-state index contributed by atoms with van der Waals surface area (Å²) in [6.07, 6.45) is 3.67. The van der Waals surface area contributed by atoms with Gasteiger partial charge >= 0.3 is 0 Å². The quantitative estimate of drug-likeness (QED) is 0.410. The highest BCUT2D eigenvalue weighted by Gasteiger charge is 2.26. The summed E-state index contributed by atoms with van der Waals surface area (Å²) in [5.74, 6) is 0.446. The van der Waals surface area contributed by atoms with Crippen LogP contribution in [0.25, 0.3) is 0 Å². The lowest BCUT2D eigenvalue weighted by molar-refractivity contribution is 0.116. The van der Waals surface area contributed by atoms with E-state index >= 15 is 0 Å². The van der Waals surface area contributed by atoms with E-state index in [2.05, 4.69) is 40.1 Å². The number of hydrogen-bond acceptors (Lipinski definition) is 5. The molecule has 166 valence electrons. The number of benzene rings is 1. The molecule has 1 aliphatic heterocycles. The summed E-state index contributed by atoms with van der Waals surface area (Å²) in [6.45, 7) is 12.0. The van der Waals surface area contributed by atoms with Gasteiger partial charge in [0.25, 0.3) is 0 Å². The van der Waals surface area contributed by atoms with Crippen molar-refractivity contribution in [3.63, 3.8) is 0 Å². The van der Waals surface area contributed by atoms with Crippen molar-refractivity contribution in [2.24, 2.45) is 0 Å². The van der Waals surface area contributed by atoms with Gasteiger partial charge in [0.05, 0.1) is 24.5 Å². The molecule has 1 aliphatic rings. The molecule has 0 amide bonds. The first-order valence-electron chi connectivity index (χ1n) is 10.9. The number of nitrogen functional groups attached to an aromatic ring is 1. The van der Waals surface area contributed by atoms with Crippen molar-refractivity contribution in [3.05, 3.63) is 41.3 Å².